The molecule has 0 saturated heterocycles. The molecule has 2 rings (SSSR count). The molecule has 23 heavy (non-hydrogen) atoms. The van der Waals surface area contributed by atoms with Crippen molar-refractivity contribution >= 4 is 41.0 Å². The summed E-state index contributed by atoms with van der Waals surface area (Å²) in [5, 5.41) is 3.49. The zero-order valence-corrected chi connectivity index (χ0v) is 14.9. The molecule has 4 heteroatoms. The van der Waals surface area contributed by atoms with E-state index in [1.807, 2.05) is 44.2 Å². The number of rotatable bonds is 6. The minimum Gasteiger partial charge on any atom is -0.324 e. The Morgan fingerprint density at radius 3 is 2.65 bits per heavy atom. The number of carbonyl (C=O) groups is 1. The zero-order chi connectivity index (χ0) is 16.7. The molecule has 1 N–H and O–H groups in total. The van der Waals surface area contributed by atoms with Crippen molar-refractivity contribution in [1.29, 1.82) is 0 Å². The molecule has 0 aliphatic rings. The summed E-state index contributed by atoms with van der Waals surface area (Å²) in [5.41, 5.74) is 3.95. The third-order valence-electron chi connectivity index (χ3n) is 3.25. The summed E-state index contributed by atoms with van der Waals surface area (Å²) in [6.07, 6.45) is 4.13. The molecule has 0 aliphatic carbocycles. The van der Waals surface area contributed by atoms with Crippen LogP contribution in [0.5, 0.6) is 0 Å². The standard InChI is InChI=1S/C19H20ClNOS/c1-14-11-15(2)19(17(20)12-14)21-18(22)13-23-10-6-9-16-7-4-3-5-8-16/h3-9,11-12H,10,13H2,1-2H3,(H,21,22)/b9-6+. The minimum atomic E-state index is -0.0306. The molecular formula is C19H20ClNOS. The summed E-state index contributed by atoms with van der Waals surface area (Å²) in [6, 6.07) is 14.0. The number of hydrogen-bond donors (Lipinski definition) is 1. The van der Waals surface area contributed by atoms with Gasteiger partial charge in [0.2, 0.25) is 5.91 Å². The van der Waals surface area contributed by atoms with Crippen molar-refractivity contribution in [1.82, 2.24) is 0 Å². The van der Waals surface area contributed by atoms with Crippen LogP contribution in [0.3, 0.4) is 0 Å². The van der Waals surface area contributed by atoms with E-state index in [0.29, 0.717) is 16.5 Å². The maximum absolute atomic E-state index is 12.0. The molecule has 2 nitrogen and oxygen atoms in total. The summed E-state index contributed by atoms with van der Waals surface area (Å²) in [4.78, 5) is 12.0. The first kappa shape index (κ1) is 17.6. The molecule has 0 aromatic heterocycles. The van der Waals surface area contributed by atoms with Gasteiger partial charge in [-0.1, -0.05) is 60.2 Å². The lowest BCUT2D eigenvalue weighted by Crippen LogP contribution is -2.15. The van der Waals surface area contributed by atoms with Crippen molar-refractivity contribution in [3.05, 3.63) is 70.3 Å². The zero-order valence-electron chi connectivity index (χ0n) is 13.3. The van der Waals surface area contributed by atoms with Gasteiger partial charge in [-0.2, -0.15) is 0 Å². The number of nitrogens with one attached hydrogen (secondary N) is 1. The number of hydrogen-bond acceptors (Lipinski definition) is 2. The molecule has 0 heterocycles. The Bertz CT molecular complexity index is 675. The van der Waals surface area contributed by atoms with Crippen molar-refractivity contribution in [2.45, 2.75) is 13.8 Å². The second-order valence-electron chi connectivity index (χ2n) is 5.31. The predicted octanol–water partition coefficient (Wildman–Crippen LogP) is 5.34. The third-order valence-corrected chi connectivity index (χ3v) is 4.45. The fraction of sp³-hybridized carbons (Fsp3) is 0.211. The number of amides is 1. The number of benzene rings is 2. The van der Waals surface area contributed by atoms with Crippen LogP contribution in [0, 0.1) is 13.8 Å². The molecule has 120 valence electrons. The molecule has 0 bridgehead atoms. The number of carbonyl (C=O) groups excluding carboxylic acids is 1. The molecule has 0 aliphatic heterocycles. The molecule has 0 radical (unpaired) electrons. The van der Waals surface area contributed by atoms with Gasteiger partial charge < -0.3 is 5.32 Å². The average Bonchev–Trinajstić information content (AvgIpc) is 2.51. The minimum absolute atomic E-state index is 0.0306. The first-order chi connectivity index (χ1) is 11.1. The van der Waals surface area contributed by atoms with Crippen LogP contribution in [-0.4, -0.2) is 17.4 Å². The summed E-state index contributed by atoms with van der Waals surface area (Å²) < 4.78 is 0. The second-order valence-corrected chi connectivity index (χ2v) is 6.75. The summed E-state index contributed by atoms with van der Waals surface area (Å²) in [6.45, 7) is 3.93. The topological polar surface area (TPSA) is 29.1 Å². The van der Waals surface area contributed by atoms with E-state index >= 15 is 0 Å². The van der Waals surface area contributed by atoms with E-state index in [4.69, 9.17) is 11.6 Å². The van der Waals surface area contributed by atoms with Gasteiger partial charge in [-0.15, -0.1) is 11.8 Å². The van der Waals surface area contributed by atoms with Crippen LogP contribution in [0.4, 0.5) is 5.69 Å². The number of halogens is 1. The summed E-state index contributed by atoms with van der Waals surface area (Å²) >= 11 is 7.77. The van der Waals surface area contributed by atoms with E-state index in [9.17, 15) is 4.79 Å². The molecule has 2 aromatic carbocycles. The Balaban J connectivity index is 1.79. The third kappa shape index (κ3) is 5.77. The first-order valence-electron chi connectivity index (χ1n) is 7.42. The van der Waals surface area contributed by atoms with Crippen LogP contribution >= 0.6 is 23.4 Å². The summed E-state index contributed by atoms with van der Waals surface area (Å²) in [5.74, 6) is 1.17. The normalized spacial score (nSPS) is 10.9. The molecule has 0 spiro atoms. The van der Waals surface area contributed by atoms with Gasteiger partial charge in [0.25, 0.3) is 0 Å². The van der Waals surface area contributed by atoms with Gasteiger partial charge in [-0.25, -0.2) is 0 Å². The van der Waals surface area contributed by atoms with E-state index < -0.39 is 0 Å². The Morgan fingerprint density at radius 2 is 1.96 bits per heavy atom. The molecule has 2 aromatic rings. The van der Waals surface area contributed by atoms with Gasteiger partial charge in [0.05, 0.1) is 16.5 Å². The van der Waals surface area contributed by atoms with Gasteiger partial charge in [-0.3, -0.25) is 4.79 Å². The second kappa shape index (κ2) is 8.80. The number of thioether (sulfide) groups is 1. The average molecular weight is 346 g/mol. The van der Waals surface area contributed by atoms with E-state index in [1.54, 1.807) is 11.8 Å². The van der Waals surface area contributed by atoms with E-state index in [1.165, 1.54) is 5.56 Å². The molecule has 0 unspecified atom stereocenters. The van der Waals surface area contributed by atoms with Crippen LogP contribution in [0.2, 0.25) is 5.02 Å². The van der Waals surface area contributed by atoms with Crippen LogP contribution in [-0.2, 0) is 4.79 Å². The van der Waals surface area contributed by atoms with Crippen LogP contribution < -0.4 is 5.32 Å². The highest BCUT2D eigenvalue weighted by Crippen LogP contribution is 2.27. The van der Waals surface area contributed by atoms with Crippen molar-refractivity contribution < 1.29 is 4.79 Å². The van der Waals surface area contributed by atoms with Crippen molar-refractivity contribution in [2.75, 3.05) is 16.8 Å². The van der Waals surface area contributed by atoms with Crippen molar-refractivity contribution in [3.8, 4) is 0 Å². The molecule has 0 fully saturated rings. The van der Waals surface area contributed by atoms with Gasteiger partial charge in [0, 0.05) is 5.75 Å². The lowest BCUT2D eigenvalue weighted by atomic mass is 10.1. The first-order valence-corrected chi connectivity index (χ1v) is 8.95. The highest BCUT2D eigenvalue weighted by molar-refractivity contribution is 8.00. The Kier molecular flexibility index (Phi) is 6.75. The number of anilines is 1. The van der Waals surface area contributed by atoms with Gasteiger partial charge in [-0.05, 0) is 36.6 Å². The smallest absolute Gasteiger partial charge is 0.234 e. The highest BCUT2D eigenvalue weighted by Gasteiger charge is 2.09. The van der Waals surface area contributed by atoms with Gasteiger partial charge in [0.15, 0.2) is 0 Å². The Morgan fingerprint density at radius 1 is 1.22 bits per heavy atom. The maximum Gasteiger partial charge on any atom is 0.234 e. The van der Waals surface area contributed by atoms with Crippen LogP contribution in [0.15, 0.2) is 48.5 Å². The molecule has 0 atom stereocenters. The highest BCUT2D eigenvalue weighted by atomic mass is 35.5. The lowest BCUT2D eigenvalue weighted by molar-refractivity contribution is -0.113. The van der Waals surface area contributed by atoms with Crippen LogP contribution in [0.25, 0.3) is 6.08 Å². The molecule has 0 saturated carbocycles. The fourth-order valence-corrected chi connectivity index (χ4v) is 3.19. The van der Waals surface area contributed by atoms with E-state index in [2.05, 4.69) is 29.6 Å². The molecule has 1 amide bonds. The maximum atomic E-state index is 12.0. The summed E-state index contributed by atoms with van der Waals surface area (Å²) in [7, 11) is 0. The molecular weight excluding hydrogens is 326 g/mol. The van der Waals surface area contributed by atoms with Crippen molar-refractivity contribution in [3.63, 3.8) is 0 Å². The fourth-order valence-electron chi connectivity index (χ4n) is 2.22. The quantitative estimate of drug-likeness (QED) is 0.716. The van der Waals surface area contributed by atoms with Gasteiger partial charge >= 0.3 is 0 Å². The van der Waals surface area contributed by atoms with Crippen LogP contribution in [0.1, 0.15) is 16.7 Å². The Hall–Kier alpha value is -1.71. The predicted molar refractivity (Wildman–Crippen MR) is 102 cm³/mol. The van der Waals surface area contributed by atoms with Gasteiger partial charge in [0.1, 0.15) is 0 Å². The van der Waals surface area contributed by atoms with E-state index in [-0.39, 0.29) is 5.91 Å². The lowest BCUT2D eigenvalue weighted by Gasteiger charge is -2.11. The largest absolute Gasteiger partial charge is 0.324 e. The number of aryl methyl sites for hydroxylation is 2. The Labute approximate surface area is 146 Å². The van der Waals surface area contributed by atoms with E-state index in [0.717, 1.165) is 16.9 Å². The SMILES string of the molecule is Cc1cc(C)c(NC(=O)CSC/C=C/c2ccccc2)c(Cl)c1. The monoisotopic (exact) mass is 345 g/mol. The van der Waals surface area contributed by atoms with Crippen molar-refractivity contribution in [2.24, 2.45) is 0 Å².